The fourth-order valence-corrected chi connectivity index (χ4v) is 3.47. The van der Waals surface area contributed by atoms with E-state index in [1.807, 2.05) is 6.92 Å². The quantitative estimate of drug-likeness (QED) is 0.849. The van der Waals surface area contributed by atoms with Crippen molar-refractivity contribution >= 4 is 15.8 Å². The maximum Gasteiger partial charge on any atom is 0.244 e. The van der Waals surface area contributed by atoms with E-state index in [9.17, 15) is 13.5 Å². The Morgan fingerprint density at radius 2 is 2.11 bits per heavy atom. The van der Waals surface area contributed by atoms with Crippen molar-refractivity contribution in [3.8, 4) is 0 Å². The predicted molar refractivity (Wildman–Crippen MR) is 72.4 cm³/mol. The number of hydrogen-bond acceptors (Lipinski definition) is 5. The van der Waals surface area contributed by atoms with Gasteiger partial charge in [0.25, 0.3) is 0 Å². The summed E-state index contributed by atoms with van der Waals surface area (Å²) >= 11 is 0. The maximum atomic E-state index is 12.3. The summed E-state index contributed by atoms with van der Waals surface area (Å²) in [5.74, 6) is 0.663. The summed E-state index contributed by atoms with van der Waals surface area (Å²) in [6.45, 7) is 3.41. The summed E-state index contributed by atoms with van der Waals surface area (Å²) < 4.78 is 26.1. The number of aromatic nitrogens is 1. The van der Waals surface area contributed by atoms with Gasteiger partial charge in [0.05, 0.1) is 6.10 Å². The van der Waals surface area contributed by atoms with Crippen LogP contribution in [0.25, 0.3) is 0 Å². The van der Waals surface area contributed by atoms with Gasteiger partial charge in [-0.05, 0) is 31.9 Å². The molecule has 0 saturated carbocycles. The van der Waals surface area contributed by atoms with E-state index in [4.69, 9.17) is 0 Å². The first-order chi connectivity index (χ1) is 9.04. The van der Waals surface area contributed by atoms with Gasteiger partial charge in [0, 0.05) is 25.8 Å². The molecule has 0 aliphatic carbocycles. The summed E-state index contributed by atoms with van der Waals surface area (Å²) in [4.78, 5) is 4.28. The third-order valence-electron chi connectivity index (χ3n) is 3.16. The Kier molecular flexibility index (Phi) is 4.38. The van der Waals surface area contributed by atoms with Crippen LogP contribution in [0.1, 0.15) is 19.8 Å². The molecule has 1 aromatic rings. The lowest BCUT2D eigenvalue weighted by Crippen LogP contribution is -2.40. The minimum absolute atomic E-state index is 0.200. The molecule has 0 radical (unpaired) electrons. The first-order valence-corrected chi connectivity index (χ1v) is 7.86. The highest BCUT2D eigenvalue weighted by Crippen LogP contribution is 2.20. The fourth-order valence-electron chi connectivity index (χ4n) is 2.05. The van der Waals surface area contributed by atoms with Crippen LogP contribution in [0.2, 0.25) is 0 Å². The number of piperidine rings is 1. The number of anilines is 1. The molecule has 0 spiro atoms. The monoisotopic (exact) mass is 285 g/mol. The molecule has 1 aliphatic heterocycles. The summed E-state index contributed by atoms with van der Waals surface area (Å²) in [5.41, 5.74) is 0. The van der Waals surface area contributed by atoms with Crippen molar-refractivity contribution in [3.63, 3.8) is 0 Å². The molecular formula is C12H19N3O3S. The van der Waals surface area contributed by atoms with Crippen LogP contribution >= 0.6 is 0 Å². The van der Waals surface area contributed by atoms with E-state index in [2.05, 4.69) is 10.3 Å². The number of aliphatic hydroxyl groups excluding tert-OH is 1. The molecule has 2 heterocycles. The normalized spacial score (nSPS) is 18.4. The van der Waals surface area contributed by atoms with Crippen LogP contribution in [0.5, 0.6) is 0 Å². The number of pyridine rings is 1. The van der Waals surface area contributed by atoms with E-state index in [0.29, 0.717) is 31.7 Å². The Bertz CT molecular complexity index is 508. The Morgan fingerprint density at radius 3 is 2.63 bits per heavy atom. The Hall–Kier alpha value is -1.18. The number of hydrogen-bond donors (Lipinski definition) is 2. The van der Waals surface area contributed by atoms with Crippen LogP contribution in [0.4, 0.5) is 5.82 Å². The summed E-state index contributed by atoms with van der Waals surface area (Å²) in [6.07, 6.45) is 1.96. The van der Waals surface area contributed by atoms with Gasteiger partial charge in [-0.2, -0.15) is 4.31 Å². The summed E-state index contributed by atoms with van der Waals surface area (Å²) in [6, 6.07) is 3.22. The molecule has 1 aliphatic rings. The lowest BCUT2D eigenvalue weighted by atomic mass is 10.1. The molecule has 0 aromatic carbocycles. The zero-order chi connectivity index (χ0) is 13.9. The van der Waals surface area contributed by atoms with Crippen LogP contribution in [0.15, 0.2) is 23.2 Å². The predicted octanol–water partition coefficient (Wildman–Crippen LogP) is 0.659. The van der Waals surface area contributed by atoms with Crippen molar-refractivity contribution in [2.75, 3.05) is 25.0 Å². The second-order valence-electron chi connectivity index (χ2n) is 4.54. The number of rotatable bonds is 4. The summed E-state index contributed by atoms with van der Waals surface area (Å²) in [7, 11) is -3.49. The highest BCUT2D eigenvalue weighted by molar-refractivity contribution is 7.89. The van der Waals surface area contributed by atoms with E-state index >= 15 is 0 Å². The molecule has 0 bridgehead atoms. The Labute approximate surface area is 113 Å². The van der Waals surface area contributed by atoms with Gasteiger partial charge in [0.2, 0.25) is 10.0 Å². The van der Waals surface area contributed by atoms with Gasteiger partial charge in [-0.1, -0.05) is 0 Å². The topological polar surface area (TPSA) is 82.5 Å². The van der Waals surface area contributed by atoms with Crippen molar-refractivity contribution in [1.29, 1.82) is 0 Å². The van der Waals surface area contributed by atoms with E-state index < -0.39 is 10.0 Å². The van der Waals surface area contributed by atoms with Crippen LogP contribution in [-0.4, -0.2) is 48.6 Å². The average molecular weight is 285 g/mol. The van der Waals surface area contributed by atoms with Crippen molar-refractivity contribution in [1.82, 2.24) is 9.29 Å². The van der Waals surface area contributed by atoms with Crippen molar-refractivity contribution in [2.24, 2.45) is 0 Å². The first-order valence-electron chi connectivity index (χ1n) is 6.42. The smallest absolute Gasteiger partial charge is 0.244 e. The molecule has 0 atom stereocenters. The van der Waals surface area contributed by atoms with Crippen LogP contribution in [0, 0.1) is 0 Å². The molecule has 6 nitrogen and oxygen atoms in total. The third kappa shape index (κ3) is 3.23. The third-order valence-corrected chi connectivity index (χ3v) is 5.04. The molecule has 2 N–H and O–H groups in total. The van der Waals surface area contributed by atoms with Gasteiger partial charge in [0.1, 0.15) is 10.7 Å². The van der Waals surface area contributed by atoms with Crippen molar-refractivity contribution < 1.29 is 13.5 Å². The molecule has 1 saturated heterocycles. The lowest BCUT2D eigenvalue weighted by Gasteiger charge is -2.28. The van der Waals surface area contributed by atoms with Gasteiger partial charge >= 0.3 is 0 Å². The molecule has 106 valence electrons. The van der Waals surface area contributed by atoms with Crippen LogP contribution in [0.3, 0.4) is 0 Å². The van der Waals surface area contributed by atoms with Gasteiger partial charge in [0.15, 0.2) is 0 Å². The molecular weight excluding hydrogens is 266 g/mol. The highest BCUT2D eigenvalue weighted by atomic mass is 32.2. The largest absolute Gasteiger partial charge is 0.393 e. The Balaban J connectivity index is 2.15. The zero-order valence-corrected chi connectivity index (χ0v) is 11.7. The van der Waals surface area contributed by atoms with Gasteiger partial charge in [-0.3, -0.25) is 0 Å². The minimum Gasteiger partial charge on any atom is -0.393 e. The number of aliphatic hydroxyl groups is 1. The number of nitrogens with one attached hydrogen (secondary N) is 1. The van der Waals surface area contributed by atoms with E-state index in [1.165, 1.54) is 10.5 Å². The van der Waals surface area contributed by atoms with E-state index in [-0.39, 0.29) is 11.0 Å². The molecule has 1 aromatic heterocycles. The molecule has 19 heavy (non-hydrogen) atoms. The zero-order valence-electron chi connectivity index (χ0n) is 10.9. The Morgan fingerprint density at radius 1 is 1.42 bits per heavy atom. The standard InChI is InChI=1S/C12H19N3O3S/c1-2-13-12-4-3-11(9-14-12)19(17,18)15-7-5-10(16)6-8-15/h3-4,9-10,16H,2,5-8H2,1H3,(H,13,14). The molecule has 0 unspecified atom stereocenters. The van der Waals surface area contributed by atoms with Crippen LogP contribution in [-0.2, 0) is 10.0 Å². The van der Waals surface area contributed by atoms with Crippen molar-refractivity contribution in [2.45, 2.75) is 30.8 Å². The average Bonchev–Trinajstić information content (AvgIpc) is 2.40. The highest BCUT2D eigenvalue weighted by Gasteiger charge is 2.28. The van der Waals surface area contributed by atoms with Gasteiger partial charge in [-0.15, -0.1) is 0 Å². The molecule has 0 amide bonds. The number of sulfonamides is 1. The second-order valence-corrected chi connectivity index (χ2v) is 6.48. The fraction of sp³-hybridized carbons (Fsp3) is 0.583. The van der Waals surface area contributed by atoms with Crippen LogP contribution < -0.4 is 5.32 Å². The number of nitrogens with zero attached hydrogens (tertiary/aromatic N) is 2. The summed E-state index contributed by atoms with van der Waals surface area (Å²) in [5, 5.41) is 12.4. The SMILES string of the molecule is CCNc1ccc(S(=O)(=O)N2CCC(O)CC2)cn1. The minimum atomic E-state index is -3.49. The molecule has 2 rings (SSSR count). The van der Waals surface area contributed by atoms with Crippen molar-refractivity contribution in [3.05, 3.63) is 18.3 Å². The van der Waals surface area contributed by atoms with E-state index in [0.717, 1.165) is 6.54 Å². The molecule has 1 fully saturated rings. The molecule has 7 heteroatoms. The van der Waals surface area contributed by atoms with Gasteiger partial charge < -0.3 is 10.4 Å². The van der Waals surface area contributed by atoms with E-state index in [1.54, 1.807) is 12.1 Å². The first kappa shape index (κ1) is 14.2. The lowest BCUT2D eigenvalue weighted by molar-refractivity contribution is 0.113. The second kappa shape index (κ2) is 5.85. The van der Waals surface area contributed by atoms with Gasteiger partial charge in [-0.25, -0.2) is 13.4 Å². The maximum absolute atomic E-state index is 12.3.